The highest BCUT2D eigenvalue weighted by atomic mass is 35.5. The summed E-state index contributed by atoms with van der Waals surface area (Å²) in [4.78, 5) is 12.5. The largest absolute Gasteiger partial charge is 0.458 e. The van der Waals surface area contributed by atoms with Crippen molar-refractivity contribution in [2.24, 2.45) is 5.92 Å². The van der Waals surface area contributed by atoms with Crippen LogP contribution in [0.15, 0.2) is 23.4 Å². The van der Waals surface area contributed by atoms with Gasteiger partial charge in [0.05, 0.1) is 6.61 Å². The van der Waals surface area contributed by atoms with Gasteiger partial charge in [-0.05, 0) is 48.1 Å². The van der Waals surface area contributed by atoms with E-state index in [9.17, 15) is 8.78 Å². The van der Waals surface area contributed by atoms with Crippen LogP contribution >= 0.6 is 23.4 Å². The minimum Gasteiger partial charge on any atom is -0.458 e. The van der Waals surface area contributed by atoms with E-state index in [0.717, 1.165) is 24.2 Å². The molecule has 0 bridgehead atoms. The van der Waals surface area contributed by atoms with Crippen LogP contribution < -0.4 is 4.74 Å². The van der Waals surface area contributed by atoms with Crippen LogP contribution in [0, 0.1) is 17.6 Å². The van der Waals surface area contributed by atoms with E-state index in [1.807, 2.05) is 0 Å². The van der Waals surface area contributed by atoms with Crippen molar-refractivity contribution in [3.63, 3.8) is 0 Å². The number of hydrogen-bond donors (Lipinski definition) is 0. The van der Waals surface area contributed by atoms with E-state index in [-0.39, 0.29) is 38.9 Å². The van der Waals surface area contributed by atoms with Gasteiger partial charge in [0.2, 0.25) is 5.28 Å². The molecule has 0 amide bonds. The van der Waals surface area contributed by atoms with Crippen molar-refractivity contribution >= 4 is 31.7 Å². The first-order valence-electron chi connectivity index (χ1n) is 10.6. The molecule has 0 fully saturated rings. The van der Waals surface area contributed by atoms with E-state index in [2.05, 4.69) is 62.7 Å². The van der Waals surface area contributed by atoms with Crippen molar-refractivity contribution in [1.29, 1.82) is 0 Å². The molecule has 0 aliphatic heterocycles. The maximum Gasteiger partial charge on any atom is 0.322 e. The second-order valence-electron chi connectivity index (χ2n) is 9.61. The van der Waals surface area contributed by atoms with Gasteiger partial charge in [0.15, 0.2) is 25.1 Å². The second kappa shape index (κ2) is 11.2. The maximum atomic E-state index is 13.9. The lowest BCUT2D eigenvalue weighted by Gasteiger charge is -2.37. The average molecular weight is 504 g/mol. The molecule has 0 aliphatic rings. The highest BCUT2D eigenvalue weighted by Crippen LogP contribution is 2.37. The lowest BCUT2D eigenvalue weighted by molar-refractivity contribution is 0.0927. The zero-order valence-corrected chi connectivity index (χ0v) is 22.3. The van der Waals surface area contributed by atoms with E-state index in [1.165, 1.54) is 12.1 Å². The highest BCUT2D eigenvalue weighted by Gasteiger charge is 2.38. The molecule has 1 aromatic carbocycles. The first kappa shape index (κ1) is 27.0. The summed E-state index contributed by atoms with van der Waals surface area (Å²) in [5, 5.41) is 0.338. The Labute approximate surface area is 199 Å². The molecule has 0 spiro atoms. The molecule has 1 aromatic heterocycles. The fraction of sp³-hybridized carbons (Fsp3) is 0.591. The topological polar surface area (TPSA) is 57.1 Å². The minimum absolute atomic E-state index is 0.0224. The lowest BCUT2D eigenvalue weighted by Crippen LogP contribution is -2.43. The standard InChI is InChI=1S/C22H32ClF2N3O2SSi/c1-14(2)11-16(12-29-32(6,7)22(3,4)5)30-20-26-19(23)27-21(28-20)31-13-15-9-8-10-17(24)18(15)25/h8-10,14,16H,11-13H2,1-7H3/t16-/m1/s1. The third-order valence-corrected chi connectivity index (χ3v) is 11.0. The summed E-state index contributed by atoms with van der Waals surface area (Å²) in [6, 6.07) is 4.15. The molecular weight excluding hydrogens is 472 g/mol. The van der Waals surface area contributed by atoms with E-state index < -0.39 is 20.0 Å². The molecule has 0 aliphatic carbocycles. The molecule has 0 unspecified atom stereocenters. The molecule has 0 saturated carbocycles. The molecule has 2 rings (SSSR count). The molecule has 0 N–H and O–H groups in total. The monoisotopic (exact) mass is 503 g/mol. The van der Waals surface area contributed by atoms with Crippen LogP contribution in [-0.2, 0) is 10.2 Å². The Hall–Kier alpha value is -1.29. The zero-order valence-electron chi connectivity index (χ0n) is 19.7. The first-order valence-corrected chi connectivity index (χ1v) is 14.8. The third kappa shape index (κ3) is 7.93. The van der Waals surface area contributed by atoms with Gasteiger partial charge in [0.1, 0.15) is 6.10 Å². The SMILES string of the molecule is CC(C)C[C@H](CO[Si](C)(C)C(C)(C)C)Oc1nc(Cl)nc(SCc2cccc(F)c2F)n1. The second-order valence-corrected chi connectivity index (χ2v) is 15.7. The molecular formula is C22H32ClF2N3O2SSi. The van der Waals surface area contributed by atoms with Crippen molar-refractivity contribution in [3.8, 4) is 6.01 Å². The Bertz CT molecular complexity index is 913. The summed E-state index contributed by atoms with van der Waals surface area (Å²) in [6.07, 6.45) is 0.510. The third-order valence-electron chi connectivity index (χ3n) is 5.40. The van der Waals surface area contributed by atoms with Crippen molar-refractivity contribution < 1.29 is 17.9 Å². The Kier molecular flexibility index (Phi) is 9.45. The molecule has 178 valence electrons. The van der Waals surface area contributed by atoms with E-state index in [4.69, 9.17) is 20.8 Å². The van der Waals surface area contributed by atoms with Crippen molar-refractivity contribution in [1.82, 2.24) is 15.0 Å². The number of benzene rings is 1. The lowest BCUT2D eigenvalue weighted by atomic mass is 10.1. The molecule has 2 aromatic rings. The van der Waals surface area contributed by atoms with Gasteiger partial charge >= 0.3 is 6.01 Å². The minimum atomic E-state index is -1.95. The molecule has 32 heavy (non-hydrogen) atoms. The maximum absolute atomic E-state index is 13.9. The summed E-state index contributed by atoms with van der Waals surface area (Å²) >= 11 is 7.20. The summed E-state index contributed by atoms with van der Waals surface area (Å²) in [5.41, 5.74) is 0.217. The van der Waals surface area contributed by atoms with Gasteiger partial charge in [-0.15, -0.1) is 0 Å². The number of ether oxygens (including phenoxy) is 1. The number of thioether (sulfide) groups is 1. The van der Waals surface area contributed by atoms with Crippen LogP contribution in [0.1, 0.15) is 46.6 Å². The van der Waals surface area contributed by atoms with E-state index in [1.54, 1.807) is 0 Å². The molecule has 1 atom stereocenters. The van der Waals surface area contributed by atoms with Gasteiger partial charge in [0.25, 0.3) is 0 Å². The van der Waals surface area contributed by atoms with Crippen LogP contribution in [0.5, 0.6) is 6.01 Å². The van der Waals surface area contributed by atoms with Crippen LogP contribution in [0.25, 0.3) is 0 Å². The van der Waals surface area contributed by atoms with Gasteiger partial charge in [-0.2, -0.15) is 15.0 Å². The summed E-state index contributed by atoms with van der Waals surface area (Å²) in [7, 11) is -1.95. The predicted molar refractivity (Wildman–Crippen MR) is 128 cm³/mol. The number of hydrogen-bond acceptors (Lipinski definition) is 6. The van der Waals surface area contributed by atoms with Gasteiger partial charge in [-0.1, -0.05) is 58.5 Å². The first-order chi connectivity index (χ1) is 14.8. The van der Waals surface area contributed by atoms with Crippen molar-refractivity contribution in [3.05, 3.63) is 40.7 Å². The number of rotatable bonds is 10. The summed E-state index contributed by atoms with van der Waals surface area (Å²) in [5.74, 6) is -1.24. The van der Waals surface area contributed by atoms with Gasteiger partial charge < -0.3 is 9.16 Å². The smallest absolute Gasteiger partial charge is 0.322 e. The normalized spacial score (nSPS) is 13.5. The molecule has 5 nitrogen and oxygen atoms in total. The summed E-state index contributed by atoms with van der Waals surface area (Å²) in [6.45, 7) is 15.6. The van der Waals surface area contributed by atoms with Crippen LogP contribution in [0.2, 0.25) is 23.4 Å². The Morgan fingerprint density at radius 3 is 2.44 bits per heavy atom. The predicted octanol–water partition coefficient (Wildman–Crippen LogP) is 6.91. The quantitative estimate of drug-likeness (QED) is 0.259. The molecule has 0 radical (unpaired) electrons. The number of halogens is 3. The van der Waals surface area contributed by atoms with Crippen LogP contribution in [0.3, 0.4) is 0 Å². The highest BCUT2D eigenvalue weighted by molar-refractivity contribution is 7.98. The average Bonchev–Trinajstić information content (AvgIpc) is 2.65. The van der Waals surface area contributed by atoms with E-state index in [0.29, 0.717) is 12.5 Å². The Morgan fingerprint density at radius 1 is 1.12 bits per heavy atom. The van der Waals surface area contributed by atoms with Crippen LogP contribution in [0.4, 0.5) is 8.78 Å². The molecule has 1 heterocycles. The molecule has 10 heteroatoms. The molecule has 0 saturated heterocycles. The zero-order chi connectivity index (χ0) is 24.1. The number of nitrogens with zero attached hydrogens (tertiary/aromatic N) is 3. The van der Waals surface area contributed by atoms with Crippen LogP contribution in [-0.4, -0.2) is 36.0 Å². The fourth-order valence-electron chi connectivity index (χ4n) is 2.58. The Balaban J connectivity index is 2.12. The van der Waals surface area contributed by atoms with Crippen molar-refractivity contribution in [2.75, 3.05) is 6.61 Å². The summed E-state index contributed by atoms with van der Waals surface area (Å²) < 4.78 is 39.8. The number of aromatic nitrogens is 3. The van der Waals surface area contributed by atoms with Gasteiger partial charge in [-0.25, -0.2) is 8.78 Å². The van der Waals surface area contributed by atoms with Crippen molar-refractivity contribution in [2.45, 2.75) is 76.2 Å². The van der Waals surface area contributed by atoms with Gasteiger partial charge in [0, 0.05) is 11.3 Å². The Morgan fingerprint density at radius 2 is 1.81 bits per heavy atom. The van der Waals surface area contributed by atoms with E-state index >= 15 is 0 Å². The van der Waals surface area contributed by atoms with Gasteiger partial charge in [-0.3, -0.25) is 0 Å². The fourth-order valence-corrected chi connectivity index (χ4v) is 4.62.